The molecule has 0 atom stereocenters. The lowest BCUT2D eigenvalue weighted by Crippen LogP contribution is -2.31. The van der Waals surface area contributed by atoms with Crippen LogP contribution in [-0.4, -0.2) is 23.8 Å². The normalized spacial score (nSPS) is 28.6. The van der Waals surface area contributed by atoms with Crippen molar-refractivity contribution in [2.24, 2.45) is 5.92 Å². The second-order valence-electron chi connectivity index (χ2n) is 2.62. The molecule has 0 aromatic carbocycles. The summed E-state index contributed by atoms with van der Waals surface area (Å²) in [5.41, 5.74) is 0. The smallest absolute Gasteiger partial charge is 0.329 e. The molecule has 0 amide bonds. The van der Waals surface area contributed by atoms with Gasteiger partial charge in [0.05, 0.1) is 18.1 Å². The van der Waals surface area contributed by atoms with E-state index in [4.69, 9.17) is 15.1 Å². The summed E-state index contributed by atoms with van der Waals surface area (Å²) >= 11 is 0. The van der Waals surface area contributed by atoms with Crippen LogP contribution in [0.2, 0.25) is 0 Å². The number of carboxylic acid groups (broad SMARTS) is 1. The van der Waals surface area contributed by atoms with Crippen LogP contribution >= 0.6 is 0 Å². The van der Waals surface area contributed by atoms with E-state index >= 15 is 0 Å². The maximum absolute atomic E-state index is 10.0. The maximum atomic E-state index is 10.0. The van der Waals surface area contributed by atoms with Gasteiger partial charge in [-0.2, -0.15) is 5.26 Å². The Morgan fingerprint density at radius 1 is 1.73 bits per heavy atom. The standard InChI is InChI=1S/C7H9NO3/c8-3-5-1-6(2-5)11-4-7(9)10/h5-6H,1-2,4H2,(H,9,10). The number of hydrogen-bond donors (Lipinski definition) is 1. The molecular weight excluding hydrogens is 146 g/mol. The van der Waals surface area contributed by atoms with Gasteiger partial charge in [-0.1, -0.05) is 0 Å². The van der Waals surface area contributed by atoms with E-state index in [1.807, 2.05) is 0 Å². The van der Waals surface area contributed by atoms with Crippen LogP contribution in [0, 0.1) is 17.2 Å². The number of nitriles is 1. The van der Waals surface area contributed by atoms with Crippen LogP contribution in [0.1, 0.15) is 12.8 Å². The fraction of sp³-hybridized carbons (Fsp3) is 0.714. The van der Waals surface area contributed by atoms with Crippen LogP contribution in [0.4, 0.5) is 0 Å². The molecular formula is C7H9NO3. The predicted molar refractivity (Wildman–Crippen MR) is 35.7 cm³/mol. The average Bonchev–Trinajstić information content (AvgIpc) is 1.84. The summed E-state index contributed by atoms with van der Waals surface area (Å²) in [5, 5.41) is 16.6. The van der Waals surface area contributed by atoms with Crippen molar-refractivity contribution in [3.63, 3.8) is 0 Å². The number of carboxylic acids is 1. The van der Waals surface area contributed by atoms with Gasteiger partial charge in [0.2, 0.25) is 0 Å². The molecule has 11 heavy (non-hydrogen) atoms. The highest BCUT2D eigenvalue weighted by Crippen LogP contribution is 2.28. The van der Waals surface area contributed by atoms with Crippen molar-refractivity contribution in [2.75, 3.05) is 6.61 Å². The Balaban J connectivity index is 2.06. The van der Waals surface area contributed by atoms with Gasteiger partial charge >= 0.3 is 5.97 Å². The van der Waals surface area contributed by atoms with E-state index in [1.165, 1.54) is 0 Å². The van der Waals surface area contributed by atoms with Crippen molar-refractivity contribution < 1.29 is 14.6 Å². The topological polar surface area (TPSA) is 70.3 Å². The molecule has 0 aromatic heterocycles. The van der Waals surface area contributed by atoms with Crippen LogP contribution in [0.15, 0.2) is 0 Å². The number of aliphatic carboxylic acids is 1. The van der Waals surface area contributed by atoms with E-state index in [9.17, 15) is 4.79 Å². The van der Waals surface area contributed by atoms with Crippen LogP contribution in [-0.2, 0) is 9.53 Å². The van der Waals surface area contributed by atoms with Gasteiger partial charge in [0.25, 0.3) is 0 Å². The number of hydrogen-bond acceptors (Lipinski definition) is 3. The molecule has 60 valence electrons. The van der Waals surface area contributed by atoms with E-state index in [-0.39, 0.29) is 18.6 Å². The third kappa shape index (κ3) is 2.20. The minimum Gasteiger partial charge on any atom is -0.480 e. The van der Waals surface area contributed by atoms with Gasteiger partial charge in [-0.05, 0) is 12.8 Å². The van der Waals surface area contributed by atoms with E-state index in [0.717, 1.165) is 0 Å². The Kier molecular flexibility index (Phi) is 2.44. The fourth-order valence-electron chi connectivity index (χ4n) is 0.996. The first-order chi connectivity index (χ1) is 5.22. The Bertz CT molecular complexity index is 190. The quantitative estimate of drug-likeness (QED) is 0.640. The fourth-order valence-corrected chi connectivity index (χ4v) is 0.996. The molecule has 1 aliphatic rings. The highest BCUT2D eigenvalue weighted by Gasteiger charge is 2.29. The number of ether oxygens (including phenoxy) is 1. The largest absolute Gasteiger partial charge is 0.480 e. The van der Waals surface area contributed by atoms with Gasteiger partial charge in [-0.3, -0.25) is 0 Å². The van der Waals surface area contributed by atoms with E-state index in [1.54, 1.807) is 0 Å². The molecule has 0 spiro atoms. The summed E-state index contributed by atoms with van der Waals surface area (Å²) < 4.78 is 4.92. The highest BCUT2D eigenvalue weighted by atomic mass is 16.5. The van der Waals surface area contributed by atoms with Gasteiger partial charge < -0.3 is 9.84 Å². The molecule has 1 N–H and O–H groups in total. The molecule has 1 saturated carbocycles. The van der Waals surface area contributed by atoms with Crippen LogP contribution in [0.3, 0.4) is 0 Å². The molecule has 1 fully saturated rings. The van der Waals surface area contributed by atoms with Crippen LogP contribution in [0.25, 0.3) is 0 Å². The van der Waals surface area contributed by atoms with Gasteiger partial charge in [0, 0.05) is 0 Å². The van der Waals surface area contributed by atoms with E-state index < -0.39 is 5.97 Å². The minimum absolute atomic E-state index is 0.00394. The van der Waals surface area contributed by atoms with Crippen molar-refractivity contribution in [3.8, 4) is 6.07 Å². The summed E-state index contributed by atoms with van der Waals surface area (Å²) in [7, 11) is 0. The van der Waals surface area contributed by atoms with Crippen molar-refractivity contribution in [1.82, 2.24) is 0 Å². The van der Waals surface area contributed by atoms with Crippen LogP contribution < -0.4 is 0 Å². The lowest BCUT2D eigenvalue weighted by atomic mass is 9.83. The lowest BCUT2D eigenvalue weighted by Gasteiger charge is -2.29. The summed E-state index contributed by atoms with van der Waals surface area (Å²) in [6.07, 6.45) is 1.36. The maximum Gasteiger partial charge on any atom is 0.329 e. The van der Waals surface area contributed by atoms with Crippen LogP contribution in [0.5, 0.6) is 0 Å². The first kappa shape index (κ1) is 8.02. The molecule has 0 radical (unpaired) electrons. The van der Waals surface area contributed by atoms with Crippen molar-refractivity contribution in [1.29, 1.82) is 5.26 Å². The Labute approximate surface area is 64.4 Å². The monoisotopic (exact) mass is 155 g/mol. The SMILES string of the molecule is N#CC1CC(OCC(=O)O)C1. The summed E-state index contributed by atoms with van der Waals surface area (Å²) in [6.45, 7) is -0.247. The predicted octanol–water partition coefficient (Wildman–Crippen LogP) is 0.390. The third-order valence-corrected chi connectivity index (χ3v) is 1.72. The molecule has 1 aliphatic carbocycles. The minimum atomic E-state index is -0.953. The van der Waals surface area contributed by atoms with Gasteiger partial charge in [0.15, 0.2) is 0 Å². The Morgan fingerprint density at radius 3 is 2.82 bits per heavy atom. The van der Waals surface area contributed by atoms with Gasteiger partial charge in [-0.25, -0.2) is 4.79 Å². The van der Waals surface area contributed by atoms with Gasteiger partial charge in [0.1, 0.15) is 6.61 Å². The molecule has 0 bridgehead atoms. The number of nitrogens with zero attached hydrogens (tertiary/aromatic N) is 1. The zero-order chi connectivity index (χ0) is 8.27. The highest BCUT2D eigenvalue weighted by molar-refractivity contribution is 5.68. The first-order valence-corrected chi connectivity index (χ1v) is 3.45. The molecule has 0 saturated heterocycles. The average molecular weight is 155 g/mol. The molecule has 0 aliphatic heterocycles. The molecule has 4 nitrogen and oxygen atoms in total. The van der Waals surface area contributed by atoms with Gasteiger partial charge in [-0.15, -0.1) is 0 Å². The van der Waals surface area contributed by atoms with Crippen molar-refractivity contribution >= 4 is 5.97 Å². The molecule has 4 heteroatoms. The zero-order valence-electron chi connectivity index (χ0n) is 5.99. The molecule has 1 rings (SSSR count). The lowest BCUT2D eigenvalue weighted by molar-refractivity contribution is -0.146. The number of rotatable bonds is 3. The van der Waals surface area contributed by atoms with E-state index in [2.05, 4.69) is 6.07 Å². The summed E-state index contributed by atoms with van der Waals surface area (Å²) in [4.78, 5) is 10.0. The Morgan fingerprint density at radius 2 is 2.36 bits per heavy atom. The third-order valence-electron chi connectivity index (χ3n) is 1.72. The Hall–Kier alpha value is -1.08. The summed E-state index contributed by atoms with van der Waals surface area (Å²) in [5.74, 6) is -0.876. The second kappa shape index (κ2) is 3.35. The summed E-state index contributed by atoms with van der Waals surface area (Å²) in [6, 6.07) is 2.09. The zero-order valence-corrected chi connectivity index (χ0v) is 5.99. The number of carbonyl (C=O) groups is 1. The van der Waals surface area contributed by atoms with E-state index in [0.29, 0.717) is 12.8 Å². The van der Waals surface area contributed by atoms with Crippen molar-refractivity contribution in [3.05, 3.63) is 0 Å². The molecule has 0 unspecified atom stereocenters. The second-order valence-corrected chi connectivity index (χ2v) is 2.62. The van der Waals surface area contributed by atoms with Crippen molar-refractivity contribution in [2.45, 2.75) is 18.9 Å². The molecule has 0 heterocycles. The first-order valence-electron chi connectivity index (χ1n) is 3.45. The molecule has 0 aromatic rings.